The summed E-state index contributed by atoms with van der Waals surface area (Å²) in [5, 5.41) is 13.1. The van der Waals surface area contributed by atoms with E-state index in [1.54, 1.807) is 23.1 Å². The lowest BCUT2D eigenvalue weighted by atomic mass is 9.98. The van der Waals surface area contributed by atoms with Gasteiger partial charge in [0, 0.05) is 11.4 Å². The maximum Gasteiger partial charge on any atom is 0.295 e. The molecule has 1 fully saturated rings. The van der Waals surface area contributed by atoms with Crippen LogP contribution in [0.4, 0.5) is 0 Å². The van der Waals surface area contributed by atoms with Gasteiger partial charge in [-0.2, -0.15) is 0 Å². The van der Waals surface area contributed by atoms with Gasteiger partial charge in [0.1, 0.15) is 22.8 Å². The number of ketones is 1. The number of carbonyl (C=O) groups excluding carboxylic acids is 2. The summed E-state index contributed by atoms with van der Waals surface area (Å²) in [5.74, 6) is -0.852. The Labute approximate surface area is 168 Å². The average molecular weight is 401 g/mol. The minimum absolute atomic E-state index is 0.0614. The van der Waals surface area contributed by atoms with Gasteiger partial charge < -0.3 is 19.5 Å². The Morgan fingerprint density at radius 3 is 2.36 bits per heavy atom. The molecule has 0 spiro atoms. The van der Waals surface area contributed by atoms with Gasteiger partial charge >= 0.3 is 0 Å². The summed E-state index contributed by atoms with van der Waals surface area (Å²) in [6.07, 6.45) is 1.66. The molecule has 1 unspecified atom stereocenters. The van der Waals surface area contributed by atoms with Gasteiger partial charge in [-0.05, 0) is 30.0 Å². The summed E-state index contributed by atoms with van der Waals surface area (Å²) in [4.78, 5) is 28.0. The van der Waals surface area contributed by atoms with E-state index >= 15 is 0 Å². The number of rotatable bonds is 7. The summed E-state index contributed by atoms with van der Waals surface area (Å²) < 4.78 is 10.7. The Morgan fingerprint density at radius 1 is 1.14 bits per heavy atom. The third-order valence-electron chi connectivity index (χ3n) is 4.77. The zero-order valence-corrected chi connectivity index (χ0v) is 16.9. The number of likely N-dealkylation sites (tertiary alicyclic amines) is 1. The molecule has 0 radical (unpaired) electrons. The van der Waals surface area contributed by atoms with Crippen LogP contribution in [0.5, 0.6) is 11.5 Å². The second kappa shape index (κ2) is 8.48. The largest absolute Gasteiger partial charge is 0.506 e. The molecule has 3 rings (SSSR count). The zero-order valence-electron chi connectivity index (χ0n) is 16.1. The van der Waals surface area contributed by atoms with E-state index in [1.165, 1.54) is 25.6 Å². The van der Waals surface area contributed by atoms with Crippen LogP contribution in [0.1, 0.15) is 36.2 Å². The molecule has 1 aromatic carbocycles. The van der Waals surface area contributed by atoms with Gasteiger partial charge in [-0.3, -0.25) is 9.59 Å². The Hall–Kier alpha value is -2.80. The van der Waals surface area contributed by atoms with Crippen LogP contribution in [0.25, 0.3) is 5.76 Å². The number of Topliss-reactive ketones (excluding diaryl/α,β-unsaturated/α-hetero) is 1. The van der Waals surface area contributed by atoms with Crippen molar-refractivity contribution in [3.63, 3.8) is 0 Å². The molecule has 6 nitrogen and oxygen atoms in total. The second-order valence-electron chi connectivity index (χ2n) is 6.40. The topological polar surface area (TPSA) is 76.1 Å². The van der Waals surface area contributed by atoms with Crippen LogP contribution in [0.15, 0.2) is 41.3 Å². The Kier molecular flexibility index (Phi) is 6.04. The molecule has 0 bridgehead atoms. The minimum atomic E-state index is -0.694. The normalized spacial score (nSPS) is 18.5. The number of aliphatic hydroxyl groups excluding tert-OH is 1. The van der Waals surface area contributed by atoms with E-state index in [9.17, 15) is 14.7 Å². The van der Waals surface area contributed by atoms with Crippen LogP contribution >= 0.6 is 11.3 Å². The Bertz CT molecular complexity index is 881. The summed E-state index contributed by atoms with van der Waals surface area (Å²) in [6, 6.07) is 8.18. The van der Waals surface area contributed by atoms with Gasteiger partial charge in [0.15, 0.2) is 0 Å². The number of thiophene rings is 1. The van der Waals surface area contributed by atoms with Gasteiger partial charge in [0.25, 0.3) is 11.7 Å². The molecule has 148 valence electrons. The van der Waals surface area contributed by atoms with E-state index in [0.29, 0.717) is 18.0 Å². The lowest BCUT2D eigenvalue weighted by molar-refractivity contribution is -0.139. The predicted octanol–water partition coefficient (Wildman–Crippen LogP) is 3.99. The van der Waals surface area contributed by atoms with Gasteiger partial charge in [-0.15, -0.1) is 11.3 Å². The molecule has 1 amide bonds. The fourth-order valence-corrected chi connectivity index (χ4v) is 4.25. The molecule has 7 heteroatoms. The molecule has 1 aromatic heterocycles. The van der Waals surface area contributed by atoms with Crippen LogP contribution in [-0.4, -0.2) is 42.5 Å². The van der Waals surface area contributed by atoms with Crippen molar-refractivity contribution in [3.05, 3.63) is 51.7 Å². The number of hydrogen-bond acceptors (Lipinski definition) is 6. The molecule has 1 saturated heterocycles. The zero-order chi connectivity index (χ0) is 20.3. The molecule has 28 heavy (non-hydrogen) atoms. The molecule has 2 heterocycles. The summed E-state index contributed by atoms with van der Waals surface area (Å²) >= 11 is 1.44. The fraction of sp³-hybridized carbons (Fsp3) is 0.333. The first-order valence-corrected chi connectivity index (χ1v) is 9.96. The lowest BCUT2D eigenvalue weighted by Gasteiger charge is -2.24. The van der Waals surface area contributed by atoms with Gasteiger partial charge in [0.05, 0.1) is 25.8 Å². The van der Waals surface area contributed by atoms with Crippen molar-refractivity contribution in [2.75, 3.05) is 20.8 Å². The number of benzene rings is 1. The van der Waals surface area contributed by atoms with E-state index < -0.39 is 17.7 Å². The number of aliphatic hydroxyl groups is 1. The van der Waals surface area contributed by atoms with E-state index in [0.717, 1.165) is 17.7 Å². The Balaban J connectivity index is 2.23. The molecular formula is C21H23NO5S. The van der Waals surface area contributed by atoms with Crippen molar-refractivity contribution in [1.29, 1.82) is 0 Å². The number of nitrogens with zero attached hydrogens (tertiary/aromatic N) is 1. The fourth-order valence-electron chi connectivity index (χ4n) is 3.40. The van der Waals surface area contributed by atoms with E-state index in [2.05, 4.69) is 0 Å². The van der Waals surface area contributed by atoms with Crippen LogP contribution in [0, 0.1) is 0 Å². The predicted molar refractivity (Wildman–Crippen MR) is 108 cm³/mol. The van der Waals surface area contributed by atoms with Gasteiger partial charge in [-0.1, -0.05) is 25.5 Å². The third kappa shape index (κ3) is 3.38. The van der Waals surface area contributed by atoms with Gasteiger partial charge in [-0.25, -0.2) is 0 Å². The SMILES string of the molecule is CCCCN1C(=O)C(=O)/C(=C(/O)c2c(OC)cccc2OC)C1c1cccs1. The maximum atomic E-state index is 12.9. The standard InChI is InChI=1S/C21H23NO5S/c1-4-5-11-22-18(15-10-7-12-28-15)17(20(24)21(22)25)19(23)16-13(26-2)8-6-9-14(16)27-3/h6-10,12,18,23H,4-5,11H2,1-3H3/b19-17+. The van der Waals surface area contributed by atoms with Crippen LogP contribution in [0.3, 0.4) is 0 Å². The summed E-state index contributed by atoms with van der Waals surface area (Å²) in [7, 11) is 2.95. The number of unbranched alkanes of at least 4 members (excludes halogenated alkanes) is 1. The van der Waals surface area contributed by atoms with Crippen molar-refractivity contribution >= 4 is 28.8 Å². The first-order valence-electron chi connectivity index (χ1n) is 9.08. The Morgan fingerprint density at radius 2 is 1.82 bits per heavy atom. The molecule has 0 saturated carbocycles. The highest BCUT2D eigenvalue weighted by Crippen LogP contribution is 2.44. The monoisotopic (exact) mass is 401 g/mol. The first-order chi connectivity index (χ1) is 13.5. The van der Waals surface area contributed by atoms with E-state index in [-0.39, 0.29) is 16.9 Å². The van der Waals surface area contributed by atoms with Crippen LogP contribution in [0.2, 0.25) is 0 Å². The molecule has 1 N–H and O–H groups in total. The van der Waals surface area contributed by atoms with Crippen LogP contribution in [-0.2, 0) is 9.59 Å². The minimum Gasteiger partial charge on any atom is -0.506 e. The number of methoxy groups -OCH3 is 2. The highest BCUT2D eigenvalue weighted by atomic mass is 32.1. The molecule has 0 aliphatic carbocycles. The van der Waals surface area contributed by atoms with Crippen molar-refractivity contribution in [2.24, 2.45) is 0 Å². The molecule has 1 atom stereocenters. The van der Waals surface area contributed by atoms with Gasteiger partial charge in [0.2, 0.25) is 0 Å². The molecule has 1 aliphatic rings. The molecule has 2 aromatic rings. The third-order valence-corrected chi connectivity index (χ3v) is 5.69. The van der Waals surface area contributed by atoms with Crippen molar-refractivity contribution in [3.8, 4) is 11.5 Å². The van der Waals surface area contributed by atoms with Crippen molar-refractivity contribution in [1.82, 2.24) is 4.90 Å². The maximum absolute atomic E-state index is 12.9. The van der Waals surface area contributed by atoms with Crippen molar-refractivity contribution < 1.29 is 24.2 Å². The quantitative estimate of drug-likeness (QED) is 0.431. The number of ether oxygens (including phenoxy) is 2. The average Bonchev–Trinajstić information content (AvgIpc) is 3.32. The molecular weight excluding hydrogens is 378 g/mol. The highest BCUT2D eigenvalue weighted by Gasteiger charge is 2.46. The highest BCUT2D eigenvalue weighted by molar-refractivity contribution is 7.10. The second-order valence-corrected chi connectivity index (χ2v) is 7.38. The van der Waals surface area contributed by atoms with E-state index in [1.807, 2.05) is 24.4 Å². The van der Waals surface area contributed by atoms with E-state index in [4.69, 9.17) is 9.47 Å². The van der Waals surface area contributed by atoms with Crippen LogP contribution < -0.4 is 9.47 Å². The summed E-state index contributed by atoms with van der Waals surface area (Å²) in [6.45, 7) is 2.47. The molecule has 1 aliphatic heterocycles. The van der Waals surface area contributed by atoms with Crippen molar-refractivity contribution in [2.45, 2.75) is 25.8 Å². The summed E-state index contributed by atoms with van der Waals surface area (Å²) in [5.41, 5.74) is 0.328. The smallest absolute Gasteiger partial charge is 0.295 e. The number of hydrogen-bond donors (Lipinski definition) is 1. The number of carbonyl (C=O) groups is 2. The number of amides is 1. The first kappa shape index (κ1) is 19.9. The lowest BCUT2D eigenvalue weighted by Crippen LogP contribution is -2.30.